The molecule has 0 unspecified atom stereocenters. The largest absolute Gasteiger partial charge is 0.469 e. The molecule has 0 radical (unpaired) electrons. The summed E-state index contributed by atoms with van der Waals surface area (Å²) in [5.41, 5.74) is 2.15. The van der Waals surface area contributed by atoms with Crippen LogP contribution < -0.4 is 0 Å². The Kier molecular flexibility index (Phi) is 4.34. The van der Waals surface area contributed by atoms with Gasteiger partial charge in [0.2, 0.25) is 0 Å². The highest BCUT2D eigenvalue weighted by atomic mass is 16.3. The van der Waals surface area contributed by atoms with E-state index in [1.807, 2.05) is 30.2 Å². The molecule has 1 spiro atoms. The molecule has 0 atom stereocenters. The molecule has 25 heavy (non-hydrogen) atoms. The topological polar surface area (TPSA) is 49.6 Å². The number of carbonyl (C=O) groups is 1. The van der Waals surface area contributed by atoms with Crippen molar-refractivity contribution in [2.24, 2.45) is 5.41 Å². The van der Waals surface area contributed by atoms with Gasteiger partial charge in [0.1, 0.15) is 5.76 Å². The normalized spacial score (nSPS) is 20.3. The Morgan fingerprint density at radius 2 is 2.00 bits per heavy atom. The van der Waals surface area contributed by atoms with Crippen LogP contribution in [0.3, 0.4) is 0 Å². The number of likely N-dealkylation sites (tertiary alicyclic amines) is 2. The van der Waals surface area contributed by atoms with Gasteiger partial charge in [-0.05, 0) is 62.9 Å². The van der Waals surface area contributed by atoms with Gasteiger partial charge in [0.15, 0.2) is 0 Å². The molecule has 5 nitrogen and oxygen atoms in total. The molecule has 0 N–H and O–H groups in total. The molecule has 0 aromatic carbocycles. The summed E-state index contributed by atoms with van der Waals surface area (Å²) in [4.78, 5) is 21.6. The van der Waals surface area contributed by atoms with Crippen molar-refractivity contribution >= 4 is 5.91 Å². The molecule has 5 heteroatoms. The molecule has 2 aromatic heterocycles. The molecule has 132 valence electrons. The first-order valence-electron chi connectivity index (χ1n) is 9.11. The molecule has 2 saturated heterocycles. The Balaban J connectivity index is 1.34. The Bertz CT molecular complexity index is 732. The van der Waals surface area contributed by atoms with Crippen LogP contribution in [0.1, 0.15) is 41.1 Å². The van der Waals surface area contributed by atoms with Gasteiger partial charge in [-0.3, -0.25) is 14.7 Å². The number of rotatable bonds is 3. The molecule has 0 saturated carbocycles. The highest BCUT2D eigenvalue weighted by molar-refractivity contribution is 5.95. The van der Waals surface area contributed by atoms with Crippen molar-refractivity contribution in [1.29, 1.82) is 0 Å². The zero-order valence-corrected chi connectivity index (χ0v) is 14.8. The van der Waals surface area contributed by atoms with E-state index in [-0.39, 0.29) is 5.91 Å². The lowest BCUT2D eigenvalue weighted by molar-refractivity contribution is 0.0711. The van der Waals surface area contributed by atoms with Gasteiger partial charge in [-0.2, -0.15) is 0 Å². The second-order valence-electron chi connectivity index (χ2n) is 7.46. The quantitative estimate of drug-likeness (QED) is 0.862. The van der Waals surface area contributed by atoms with Crippen LogP contribution >= 0.6 is 0 Å². The molecule has 4 heterocycles. The summed E-state index contributed by atoms with van der Waals surface area (Å²) < 4.78 is 5.29. The van der Waals surface area contributed by atoms with Crippen LogP contribution in [-0.4, -0.2) is 46.9 Å². The van der Waals surface area contributed by atoms with Gasteiger partial charge in [-0.25, -0.2) is 0 Å². The second kappa shape index (κ2) is 6.64. The lowest BCUT2D eigenvalue weighted by atomic mass is 9.78. The number of amides is 1. The molecular weight excluding hydrogens is 314 g/mol. The van der Waals surface area contributed by atoms with Crippen LogP contribution in [0.2, 0.25) is 0 Å². The highest BCUT2D eigenvalue weighted by Gasteiger charge is 2.42. The van der Waals surface area contributed by atoms with E-state index in [9.17, 15) is 4.79 Å². The summed E-state index contributed by atoms with van der Waals surface area (Å²) in [7, 11) is 0. The van der Waals surface area contributed by atoms with E-state index in [1.165, 1.54) is 0 Å². The van der Waals surface area contributed by atoms with Gasteiger partial charge in [0.05, 0.1) is 17.5 Å². The number of nitrogens with zero attached hydrogens (tertiary/aromatic N) is 3. The predicted octanol–water partition coefficient (Wildman–Crippen LogP) is 3.11. The molecule has 2 aliphatic heterocycles. The number of carbonyl (C=O) groups excluding carboxylic acids is 1. The van der Waals surface area contributed by atoms with Gasteiger partial charge in [0.25, 0.3) is 5.91 Å². The van der Waals surface area contributed by atoms with E-state index in [1.54, 1.807) is 12.3 Å². The lowest BCUT2D eigenvalue weighted by Gasteiger charge is -2.39. The number of furan rings is 1. The lowest BCUT2D eigenvalue weighted by Crippen LogP contribution is -2.42. The van der Waals surface area contributed by atoms with Crippen molar-refractivity contribution in [3.8, 4) is 0 Å². The molecule has 0 bridgehead atoms. The number of hydrogen-bond acceptors (Lipinski definition) is 4. The van der Waals surface area contributed by atoms with Crippen molar-refractivity contribution < 1.29 is 9.21 Å². The summed E-state index contributed by atoms with van der Waals surface area (Å²) in [5, 5.41) is 0. The van der Waals surface area contributed by atoms with E-state index in [0.717, 1.165) is 63.4 Å². The Morgan fingerprint density at radius 3 is 2.68 bits per heavy atom. The van der Waals surface area contributed by atoms with Crippen molar-refractivity contribution in [3.05, 3.63) is 53.7 Å². The van der Waals surface area contributed by atoms with Crippen molar-refractivity contribution in [1.82, 2.24) is 14.8 Å². The van der Waals surface area contributed by atoms with Crippen LogP contribution in [0.25, 0.3) is 0 Å². The maximum absolute atomic E-state index is 12.7. The van der Waals surface area contributed by atoms with Crippen molar-refractivity contribution in [2.45, 2.75) is 32.7 Å². The maximum Gasteiger partial charge on any atom is 0.257 e. The summed E-state index contributed by atoms with van der Waals surface area (Å²) in [6.45, 7) is 6.70. The number of hydrogen-bond donors (Lipinski definition) is 0. The second-order valence-corrected chi connectivity index (χ2v) is 7.46. The smallest absolute Gasteiger partial charge is 0.257 e. The van der Waals surface area contributed by atoms with Crippen molar-refractivity contribution in [3.63, 3.8) is 0 Å². The van der Waals surface area contributed by atoms with E-state index in [2.05, 4.69) is 16.0 Å². The van der Waals surface area contributed by atoms with Crippen LogP contribution in [0.15, 0.2) is 41.1 Å². The monoisotopic (exact) mass is 339 g/mol. The third kappa shape index (κ3) is 3.33. The van der Waals surface area contributed by atoms with Crippen LogP contribution in [0.5, 0.6) is 0 Å². The highest BCUT2D eigenvalue weighted by Crippen LogP contribution is 2.41. The van der Waals surface area contributed by atoms with Gasteiger partial charge in [0, 0.05) is 25.8 Å². The fourth-order valence-electron chi connectivity index (χ4n) is 4.20. The van der Waals surface area contributed by atoms with Gasteiger partial charge in [-0.1, -0.05) is 6.07 Å². The Labute approximate surface area is 148 Å². The van der Waals surface area contributed by atoms with E-state index >= 15 is 0 Å². The van der Waals surface area contributed by atoms with Crippen LogP contribution in [-0.2, 0) is 6.54 Å². The third-order valence-electron chi connectivity index (χ3n) is 5.84. The van der Waals surface area contributed by atoms with Gasteiger partial charge < -0.3 is 9.32 Å². The zero-order chi connectivity index (χ0) is 17.3. The minimum atomic E-state index is 0.124. The van der Waals surface area contributed by atoms with Gasteiger partial charge in [-0.15, -0.1) is 0 Å². The third-order valence-corrected chi connectivity index (χ3v) is 5.84. The number of pyridine rings is 1. The number of piperidine rings is 1. The van der Waals surface area contributed by atoms with Crippen molar-refractivity contribution in [2.75, 3.05) is 26.2 Å². The number of aryl methyl sites for hydroxylation is 1. The zero-order valence-electron chi connectivity index (χ0n) is 14.8. The minimum absolute atomic E-state index is 0.124. The van der Waals surface area contributed by atoms with Crippen LogP contribution in [0, 0.1) is 12.3 Å². The first kappa shape index (κ1) is 16.3. The number of aromatic nitrogens is 1. The van der Waals surface area contributed by atoms with Crippen LogP contribution in [0.4, 0.5) is 0 Å². The average Bonchev–Trinajstić information content (AvgIpc) is 3.25. The molecule has 1 amide bonds. The van der Waals surface area contributed by atoms with E-state index < -0.39 is 0 Å². The molecule has 0 aliphatic carbocycles. The fraction of sp³-hybridized carbons (Fsp3) is 0.500. The summed E-state index contributed by atoms with van der Waals surface area (Å²) in [6.07, 6.45) is 6.90. The Hall–Kier alpha value is -2.14. The minimum Gasteiger partial charge on any atom is -0.469 e. The molecule has 4 rings (SSSR count). The maximum atomic E-state index is 12.7. The first-order chi connectivity index (χ1) is 12.2. The van der Waals surface area contributed by atoms with Gasteiger partial charge >= 0.3 is 0 Å². The summed E-state index contributed by atoms with van der Waals surface area (Å²) >= 11 is 0. The van der Waals surface area contributed by atoms with E-state index in [0.29, 0.717) is 11.0 Å². The summed E-state index contributed by atoms with van der Waals surface area (Å²) in [6, 6.07) is 7.89. The summed E-state index contributed by atoms with van der Waals surface area (Å²) in [5.74, 6) is 0.843. The predicted molar refractivity (Wildman–Crippen MR) is 95.1 cm³/mol. The molecule has 2 fully saturated rings. The Morgan fingerprint density at radius 1 is 1.20 bits per heavy atom. The average molecular weight is 339 g/mol. The molecule has 2 aliphatic rings. The molecular formula is C20H25N3O2. The van der Waals surface area contributed by atoms with E-state index in [4.69, 9.17) is 4.42 Å². The SMILES string of the molecule is Cc1occc1C(=O)N1CCC2(CCN(Cc3ccccn3)CC2)C1. The standard InChI is InChI=1S/C20H25N3O2/c1-16-18(5-13-25-16)19(24)23-12-8-20(15-23)6-10-22(11-7-20)14-17-4-2-3-9-21-17/h2-5,9,13H,6-8,10-12,14-15H2,1H3. The fourth-order valence-corrected chi connectivity index (χ4v) is 4.20. The molecule has 2 aromatic rings. The first-order valence-corrected chi connectivity index (χ1v) is 9.11.